The van der Waals surface area contributed by atoms with Crippen LogP contribution in [0.25, 0.3) is 6.08 Å². The molecule has 5 heteroatoms. The molecule has 1 fully saturated rings. The van der Waals surface area contributed by atoms with E-state index in [1.54, 1.807) is 29.4 Å². The van der Waals surface area contributed by atoms with E-state index in [1.165, 1.54) is 13.2 Å². The lowest BCUT2D eigenvalue weighted by atomic mass is 9.98. The van der Waals surface area contributed by atoms with Gasteiger partial charge in [0, 0.05) is 19.2 Å². The predicted octanol–water partition coefficient (Wildman–Crippen LogP) is 1.70. The summed E-state index contributed by atoms with van der Waals surface area (Å²) in [6.45, 7) is 1.10. The first-order valence-corrected chi connectivity index (χ1v) is 6.29. The highest BCUT2D eigenvalue weighted by Gasteiger charge is 2.28. The number of piperidine rings is 1. The van der Waals surface area contributed by atoms with Crippen molar-refractivity contribution in [3.05, 3.63) is 30.2 Å². The summed E-state index contributed by atoms with van der Waals surface area (Å²) in [5, 5.41) is 0. The molecule has 0 spiro atoms. The molecule has 1 aliphatic heterocycles. The van der Waals surface area contributed by atoms with Crippen molar-refractivity contribution in [2.45, 2.75) is 12.8 Å². The Morgan fingerprint density at radius 2 is 2.37 bits per heavy atom. The molecule has 1 aromatic heterocycles. The molecule has 1 saturated heterocycles. The molecule has 0 radical (unpaired) electrons. The number of amides is 1. The third kappa shape index (κ3) is 3.47. The molecule has 2 heterocycles. The Morgan fingerprint density at radius 3 is 3.05 bits per heavy atom. The number of hydrogen-bond donors (Lipinski definition) is 0. The van der Waals surface area contributed by atoms with Crippen molar-refractivity contribution in [3.63, 3.8) is 0 Å². The lowest BCUT2D eigenvalue weighted by molar-refractivity contribution is -0.148. The number of rotatable bonds is 3. The van der Waals surface area contributed by atoms with Gasteiger partial charge in [0.15, 0.2) is 0 Å². The molecule has 1 unspecified atom stereocenters. The Labute approximate surface area is 111 Å². The molecule has 0 N–H and O–H groups in total. The van der Waals surface area contributed by atoms with Gasteiger partial charge in [-0.1, -0.05) is 0 Å². The summed E-state index contributed by atoms with van der Waals surface area (Å²) in [5.41, 5.74) is 0. The van der Waals surface area contributed by atoms with Gasteiger partial charge in [0.1, 0.15) is 5.76 Å². The van der Waals surface area contributed by atoms with Crippen LogP contribution in [0.4, 0.5) is 0 Å². The lowest BCUT2D eigenvalue weighted by Crippen LogP contribution is -2.41. The minimum absolute atomic E-state index is 0.106. The third-order valence-electron chi connectivity index (χ3n) is 3.20. The minimum Gasteiger partial charge on any atom is -0.469 e. The van der Waals surface area contributed by atoms with E-state index in [0.717, 1.165) is 12.8 Å². The van der Waals surface area contributed by atoms with E-state index in [-0.39, 0.29) is 17.8 Å². The molecule has 19 heavy (non-hydrogen) atoms. The second-order valence-electron chi connectivity index (χ2n) is 4.50. The Bertz CT molecular complexity index is 464. The van der Waals surface area contributed by atoms with Crippen LogP contribution in [0.1, 0.15) is 18.6 Å². The van der Waals surface area contributed by atoms with Crippen LogP contribution in [-0.2, 0) is 14.3 Å². The van der Waals surface area contributed by atoms with Gasteiger partial charge in [-0.3, -0.25) is 9.59 Å². The maximum absolute atomic E-state index is 12.0. The third-order valence-corrected chi connectivity index (χ3v) is 3.20. The number of carbonyl (C=O) groups is 2. The average Bonchev–Trinajstić information content (AvgIpc) is 2.97. The van der Waals surface area contributed by atoms with E-state index in [2.05, 4.69) is 0 Å². The first-order valence-electron chi connectivity index (χ1n) is 6.29. The Kier molecular flexibility index (Phi) is 4.39. The molecule has 0 saturated carbocycles. The van der Waals surface area contributed by atoms with Gasteiger partial charge < -0.3 is 14.1 Å². The van der Waals surface area contributed by atoms with E-state index in [9.17, 15) is 9.59 Å². The fourth-order valence-corrected chi connectivity index (χ4v) is 2.18. The SMILES string of the molecule is COC(=O)C1CCCN(C(=O)/C=C/c2ccco2)C1. The van der Waals surface area contributed by atoms with Crippen LogP contribution >= 0.6 is 0 Å². The molecule has 0 bridgehead atoms. The fraction of sp³-hybridized carbons (Fsp3) is 0.429. The molecule has 1 atom stereocenters. The van der Waals surface area contributed by atoms with Crippen molar-refractivity contribution in [2.75, 3.05) is 20.2 Å². The van der Waals surface area contributed by atoms with Crippen LogP contribution in [0.2, 0.25) is 0 Å². The monoisotopic (exact) mass is 263 g/mol. The summed E-state index contributed by atoms with van der Waals surface area (Å²) in [5.74, 6) is 0.0760. The van der Waals surface area contributed by atoms with Crippen LogP contribution in [0.3, 0.4) is 0 Å². The number of methoxy groups -OCH3 is 1. The lowest BCUT2D eigenvalue weighted by Gasteiger charge is -2.30. The topological polar surface area (TPSA) is 59.8 Å². The highest BCUT2D eigenvalue weighted by molar-refractivity contribution is 5.91. The maximum Gasteiger partial charge on any atom is 0.310 e. The molecule has 102 valence electrons. The molecule has 5 nitrogen and oxygen atoms in total. The molecule has 0 aromatic carbocycles. The number of carbonyl (C=O) groups excluding carboxylic acids is 2. The second kappa shape index (κ2) is 6.22. The summed E-state index contributed by atoms with van der Waals surface area (Å²) in [6, 6.07) is 3.54. The number of nitrogens with zero attached hydrogens (tertiary/aromatic N) is 1. The Hall–Kier alpha value is -2.04. The molecule has 1 amide bonds. The van der Waals surface area contributed by atoms with Crippen molar-refractivity contribution in [2.24, 2.45) is 5.92 Å². The van der Waals surface area contributed by atoms with Gasteiger partial charge >= 0.3 is 5.97 Å². The predicted molar refractivity (Wildman–Crippen MR) is 69.1 cm³/mol. The first kappa shape index (κ1) is 13.4. The number of furan rings is 1. The summed E-state index contributed by atoms with van der Waals surface area (Å²) in [6.07, 6.45) is 6.25. The Morgan fingerprint density at radius 1 is 1.53 bits per heavy atom. The van der Waals surface area contributed by atoms with E-state index in [1.807, 2.05) is 0 Å². The van der Waals surface area contributed by atoms with Crippen molar-refractivity contribution >= 4 is 18.0 Å². The van der Waals surface area contributed by atoms with E-state index in [0.29, 0.717) is 18.8 Å². The van der Waals surface area contributed by atoms with Gasteiger partial charge in [-0.2, -0.15) is 0 Å². The van der Waals surface area contributed by atoms with Crippen LogP contribution < -0.4 is 0 Å². The zero-order chi connectivity index (χ0) is 13.7. The highest BCUT2D eigenvalue weighted by atomic mass is 16.5. The first-order chi connectivity index (χ1) is 9.20. The average molecular weight is 263 g/mol. The molecule has 1 aliphatic rings. The largest absolute Gasteiger partial charge is 0.469 e. The van der Waals surface area contributed by atoms with Gasteiger partial charge in [0.2, 0.25) is 5.91 Å². The van der Waals surface area contributed by atoms with Crippen LogP contribution in [0.15, 0.2) is 28.9 Å². The normalized spacial score (nSPS) is 19.6. The van der Waals surface area contributed by atoms with Gasteiger partial charge in [0.25, 0.3) is 0 Å². The van der Waals surface area contributed by atoms with Crippen LogP contribution in [0.5, 0.6) is 0 Å². The molecule has 2 rings (SSSR count). The van der Waals surface area contributed by atoms with E-state index in [4.69, 9.17) is 9.15 Å². The van der Waals surface area contributed by atoms with E-state index < -0.39 is 0 Å². The fourth-order valence-electron chi connectivity index (χ4n) is 2.18. The van der Waals surface area contributed by atoms with Crippen LogP contribution in [0, 0.1) is 5.92 Å². The van der Waals surface area contributed by atoms with Gasteiger partial charge in [-0.05, 0) is 31.1 Å². The minimum atomic E-state index is -0.243. The molecular formula is C14H17NO4. The molecular weight excluding hydrogens is 246 g/mol. The summed E-state index contributed by atoms with van der Waals surface area (Å²) < 4.78 is 9.84. The number of ether oxygens (including phenoxy) is 1. The second-order valence-corrected chi connectivity index (χ2v) is 4.50. The Balaban J connectivity index is 1.93. The molecule has 1 aromatic rings. The van der Waals surface area contributed by atoms with Crippen molar-refractivity contribution in [1.29, 1.82) is 0 Å². The summed E-state index contributed by atoms with van der Waals surface area (Å²) in [4.78, 5) is 25.2. The summed E-state index contributed by atoms with van der Waals surface area (Å²) >= 11 is 0. The maximum atomic E-state index is 12.0. The number of likely N-dealkylation sites (tertiary alicyclic amines) is 1. The smallest absolute Gasteiger partial charge is 0.310 e. The van der Waals surface area contributed by atoms with Gasteiger partial charge in [-0.25, -0.2) is 0 Å². The van der Waals surface area contributed by atoms with Crippen molar-refractivity contribution in [3.8, 4) is 0 Å². The van der Waals surface area contributed by atoms with E-state index >= 15 is 0 Å². The number of esters is 1. The quantitative estimate of drug-likeness (QED) is 0.615. The number of hydrogen-bond acceptors (Lipinski definition) is 4. The zero-order valence-corrected chi connectivity index (χ0v) is 10.9. The van der Waals surface area contributed by atoms with Crippen molar-refractivity contribution in [1.82, 2.24) is 4.90 Å². The zero-order valence-electron chi connectivity index (χ0n) is 10.9. The van der Waals surface area contributed by atoms with Gasteiger partial charge in [-0.15, -0.1) is 0 Å². The summed E-state index contributed by atoms with van der Waals surface area (Å²) in [7, 11) is 1.37. The molecule has 0 aliphatic carbocycles. The van der Waals surface area contributed by atoms with Crippen LogP contribution in [-0.4, -0.2) is 37.0 Å². The highest BCUT2D eigenvalue weighted by Crippen LogP contribution is 2.18. The van der Waals surface area contributed by atoms with Crippen molar-refractivity contribution < 1.29 is 18.7 Å². The standard InChI is InChI=1S/C14H17NO4/c1-18-14(17)11-4-2-8-15(10-11)13(16)7-6-12-5-3-9-19-12/h3,5-7,9,11H,2,4,8,10H2,1H3/b7-6+. The van der Waals surface area contributed by atoms with Gasteiger partial charge in [0.05, 0.1) is 19.3 Å².